The van der Waals surface area contributed by atoms with Crippen LogP contribution in [0.4, 0.5) is 0 Å². The summed E-state index contributed by atoms with van der Waals surface area (Å²) in [6, 6.07) is 8.30. The molecule has 1 rings (SSSR count). The van der Waals surface area contributed by atoms with E-state index in [9.17, 15) is 0 Å². The minimum absolute atomic E-state index is 0.0953. The summed E-state index contributed by atoms with van der Waals surface area (Å²) in [6.45, 7) is 2.05. The van der Waals surface area contributed by atoms with Crippen molar-refractivity contribution in [3.63, 3.8) is 0 Å². The number of hydrogen-bond acceptors (Lipinski definition) is 1. The lowest BCUT2D eigenvalue weighted by molar-refractivity contribution is 1.04. The molecule has 3 heteroatoms. The summed E-state index contributed by atoms with van der Waals surface area (Å²) in [6.07, 6.45) is 0.745. The molecule has 0 aliphatic rings. The van der Waals surface area contributed by atoms with Crippen molar-refractivity contribution in [3.05, 3.63) is 33.8 Å². The number of nitrogens with zero attached hydrogens (tertiary/aromatic N) is 1. The maximum absolute atomic E-state index is 8.61. The zero-order chi connectivity index (χ0) is 9.84. The van der Waals surface area contributed by atoms with Crippen molar-refractivity contribution in [2.45, 2.75) is 18.2 Å². The molecule has 0 saturated heterocycles. The molecule has 0 aromatic heterocycles. The first-order valence-corrected chi connectivity index (χ1v) is 5.63. The molecule has 13 heavy (non-hydrogen) atoms. The van der Waals surface area contributed by atoms with E-state index in [-0.39, 0.29) is 4.83 Å². The Morgan fingerprint density at radius 1 is 1.54 bits per heavy atom. The summed E-state index contributed by atoms with van der Waals surface area (Å²) in [5.41, 5.74) is 2.38. The van der Waals surface area contributed by atoms with Gasteiger partial charge in [0.05, 0.1) is 6.07 Å². The van der Waals surface area contributed by atoms with Crippen LogP contribution in [0.1, 0.15) is 11.1 Å². The number of halogens is 2. The minimum Gasteiger partial charge on any atom is -0.197 e. The predicted molar refractivity (Wildman–Crippen MR) is 60.9 cm³/mol. The van der Waals surface area contributed by atoms with Gasteiger partial charge < -0.3 is 0 Å². The van der Waals surface area contributed by atoms with Crippen LogP contribution in [0.15, 0.2) is 22.7 Å². The highest BCUT2D eigenvalue weighted by Gasteiger charge is 2.04. The average molecular weight is 303 g/mol. The Morgan fingerprint density at radius 2 is 2.23 bits per heavy atom. The first-order valence-electron chi connectivity index (χ1n) is 3.92. The van der Waals surface area contributed by atoms with Crippen LogP contribution in [0.2, 0.25) is 0 Å². The lowest BCUT2D eigenvalue weighted by atomic mass is 10.1. The molecule has 0 amide bonds. The molecule has 0 spiro atoms. The van der Waals surface area contributed by atoms with Gasteiger partial charge in [0.15, 0.2) is 0 Å². The smallest absolute Gasteiger partial charge is 0.105 e. The molecule has 1 nitrogen and oxygen atoms in total. The zero-order valence-corrected chi connectivity index (χ0v) is 10.4. The van der Waals surface area contributed by atoms with E-state index in [0.717, 1.165) is 10.9 Å². The molecular weight excluding hydrogens is 294 g/mol. The molecule has 1 aromatic rings. The highest BCUT2D eigenvalue weighted by molar-refractivity contribution is 9.10. The average Bonchev–Trinajstić information content (AvgIpc) is 2.11. The SMILES string of the molecule is Cc1ccc(CC(Br)C#N)cc1Br. The molecule has 1 atom stereocenters. The standard InChI is InChI=1S/C10H9Br2N/c1-7-2-3-8(5-10(7)12)4-9(11)6-13/h2-3,5,9H,4H2,1H3. The van der Waals surface area contributed by atoms with Crippen LogP contribution in [-0.4, -0.2) is 4.83 Å². The van der Waals surface area contributed by atoms with Crippen molar-refractivity contribution in [2.24, 2.45) is 0 Å². The van der Waals surface area contributed by atoms with Gasteiger partial charge in [-0.05, 0) is 30.5 Å². The maximum Gasteiger partial charge on any atom is 0.105 e. The summed E-state index contributed by atoms with van der Waals surface area (Å²) in [4.78, 5) is -0.0953. The van der Waals surface area contributed by atoms with E-state index >= 15 is 0 Å². The third kappa shape index (κ3) is 3.13. The van der Waals surface area contributed by atoms with Gasteiger partial charge in [-0.1, -0.05) is 44.0 Å². The Balaban J connectivity index is 2.81. The van der Waals surface area contributed by atoms with E-state index in [1.165, 1.54) is 11.1 Å². The molecule has 1 unspecified atom stereocenters. The highest BCUT2D eigenvalue weighted by atomic mass is 79.9. The first-order chi connectivity index (χ1) is 6.13. The van der Waals surface area contributed by atoms with Crippen LogP contribution in [0.3, 0.4) is 0 Å². The molecule has 1 aromatic carbocycles. The molecule has 0 aliphatic heterocycles. The van der Waals surface area contributed by atoms with Gasteiger partial charge in [0.2, 0.25) is 0 Å². The largest absolute Gasteiger partial charge is 0.197 e. The molecule has 0 N–H and O–H groups in total. The normalized spacial score (nSPS) is 12.2. The molecule has 0 radical (unpaired) electrons. The fourth-order valence-corrected chi connectivity index (χ4v) is 1.82. The van der Waals surface area contributed by atoms with Crippen molar-refractivity contribution >= 4 is 31.9 Å². The second-order valence-corrected chi connectivity index (χ2v) is 4.84. The van der Waals surface area contributed by atoms with E-state index in [4.69, 9.17) is 5.26 Å². The Labute approximate surface area is 95.0 Å². The number of benzene rings is 1. The van der Waals surface area contributed by atoms with Gasteiger partial charge in [0, 0.05) is 4.47 Å². The molecule has 68 valence electrons. The predicted octanol–water partition coefficient (Wildman–Crippen LogP) is 3.59. The van der Waals surface area contributed by atoms with E-state index in [0.29, 0.717) is 0 Å². The number of nitriles is 1. The summed E-state index contributed by atoms with van der Waals surface area (Å²) in [5.74, 6) is 0. The van der Waals surface area contributed by atoms with Crippen molar-refractivity contribution in [3.8, 4) is 6.07 Å². The van der Waals surface area contributed by atoms with Crippen LogP contribution in [0.25, 0.3) is 0 Å². The number of aryl methyl sites for hydroxylation is 1. The molecule has 0 fully saturated rings. The van der Waals surface area contributed by atoms with Crippen LogP contribution < -0.4 is 0 Å². The van der Waals surface area contributed by atoms with Gasteiger partial charge in [-0.3, -0.25) is 0 Å². The Bertz CT molecular complexity index is 341. The quantitative estimate of drug-likeness (QED) is 0.766. The monoisotopic (exact) mass is 301 g/mol. The molecular formula is C10H9Br2N. The third-order valence-electron chi connectivity index (χ3n) is 1.79. The van der Waals surface area contributed by atoms with E-state index in [1.807, 2.05) is 13.0 Å². The Hall–Kier alpha value is -0.330. The van der Waals surface area contributed by atoms with Crippen LogP contribution in [0.5, 0.6) is 0 Å². The van der Waals surface area contributed by atoms with Crippen LogP contribution in [-0.2, 0) is 6.42 Å². The van der Waals surface area contributed by atoms with E-state index < -0.39 is 0 Å². The lowest BCUT2D eigenvalue weighted by Gasteiger charge is -2.04. The third-order valence-corrected chi connectivity index (χ3v) is 3.17. The Morgan fingerprint density at radius 3 is 2.77 bits per heavy atom. The molecule has 0 aliphatic carbocycles. The van der Waals surface area contributed by atoms with Crippen molar-refractivity contribution in [2.75, 3.05) is 0 Å². The summed E-state index contributed by atoms with van der Waals surface area (Å²) < 4.78 is 1.10. The van der Waals surface area contributed by atoms with Crippen LogP contribution in [0, 0.1) is 18.3 Å². The summed E-state index contributed by atoms with van der Waals surface area (Å²) in [7, 11) is 0. The van der Waals surface area contributed by atoms with Gasteiger partial charge in [-0.15, -0.1) is 0 Å². The maximum atomic E-state index is 8.61. The lowest BCUT2D eigenvalue weighted by Crippen LogP contribution is -1.98. The zero-order valence-electron chi connectivity index (χ0n) is 7.22. The van der Waals surface area contributed by atoms with Crippen molar-refractivity contribution in [1.29, 1.82) is 5.26 Å². The fourth-order valence-electron chi connectivity index (χ4n) is 1.02. The first kappa shape index (κ1) is 10.7. The van der Waals surface area contributed by atoms with E-state index in [2.05, 4.69) is 50.1 Å². The van der Waals surface area contributed by atoms with Gasteiger partial charge in [-0.2, -0.15) is 5.26 Å². The number of hydrogen-bond donors (Lipinski definition) is 0. The number of rotatable bonds is 2. The second kappa shape index (κ2) is 4.78. The van der Waals surface area contributed by atoms with Crippen molar-refractivity contribution in [1.82, 2.24) is 0 Å². The molecule has 0 saturated carbocycles. The highest BCUT2D eigenvalue weighted by Crippen LogP contribution is 2.19. The van der Waals surface area contributed by atoms with Crippen LogP contribution >= 0.6 is 31.9 Å². The molecule has 0 heterocycles. The molecule has 0 bridgehead atoms. The topological polar surface area (TPSA) is 23.8 Å². The summed E-state index contributed by atoms with van der Waals surface area (Å²) in [5, 5.41) is 8.61. The van der Waals surface area contributed by atoms with E-state index in [1.54, 1.807) is 0 Å². The fraction of sp³-hybridized carbons (Fsp3) is 0.300. The van der Waals surface area contributed by atoms with Crippen molar-refractivity contribution < 1.29 is 0 Å². The van der Waals surface area contributed by atoms with Gasteiger partial charge >= 0.3 is 0 Å². The number of alkyl halides is 1. The second-order valence-electron chi connectivity index (χ2n) is 2.88. The van der Waals surface area contributed by atoms with Gasteiger partial charge in [0.1, 0.15) is 4.83 Å². The van der Waals surface area contributed by atoms with Gasteiger partial charge in [0.25, 0.3) is 0 Å². The minimum atomic E-state index is -0.0953. The summed E-state index contributed by atoms with van der Waals surface area (Å²) >= 11 is 6.74. The van der Waals surface area contributed by atoms with Gasteiger partial charge in [-0.25, -0.2) is 0 Å². The Kier molecular flexibility index (Phi) is 3.95.